The zero-order valence-corrected chi connectivity index (χ0v) is 59.1. The van der Waals surface area contributed by atoms with Gasteiger partial charge in [0.05, 0.1) is 74.7 Å². The normalized spacial score (nSPS) is 14.8. The van der Waals surface area contributed by atoms with Crippen LogP contribution in [0.1, 0.15) is 88.1 Å². The van der Waals surface area contributed by atoms with Gasteiger partial charge in [0.15, 0.2) is 28.7 Å². The lowest BCUT2D eigenvalue weighted by Crippen LogP contribution is -2.41. The van der Waals surface area contributed by atoms with Crippen molar-refractivity contribution >= 4 is 103 Å². The van der Waals surface area contributed by atoms with Crippen LogP contribution in [0, 0.1) is 25.2 Å². The second kappa shape index (κ2) is 30.5. The van der Waals surface area contributed by atoms with Crippen LogP contribution in [0.2, 0.25) is 0 Å². The highest BCUT2D eigenvalue weighted by Crippen LogP contribution is 2.49. The molecule has 8 aromatic carbocycles. The van der Waals surface area contributed by atoms with Crippen molar-refractivity contribution < 1.29 is 58.0 Å². The van der Waals surface area contributed by atoms with Crippen LogP contribution in [0.3, 0.4) is 0 Å². The maximum atomic E-state index is 12.0. The molecule has 528 valence electrons. The molecule has 0 saturated carbocycles. The molecule has 4 N–H and O–H groups in total. The summed E-state index contributed by atoms with van der Waals surface area (Å²) in [7, 11) is 1.11. The topological polar surface area (TPSA) is 273 Å². The number of benzene rings is 8. The van der Waals surface area contributed by atoms with Crippen molar-refractivity contribution in [3.63, 3.8) is 0 Å². The SMILES string of the molecule is C.CC(=O)N1c2ccc(C)cc2Oc2cc(O)ccc21.CCN(CC)c1ccc(/C=C(\C#N)c2nc3ccccc3s2)c(B2OC(C)(C)C(C)(C)O2)c1.COc1ccc(-c2cn3c(O)c(C)nc3cn2)cc1.Nc1ccc(Oc2ccc3c(c2)OC2=CC(=O)C=CC2N3c2ccccc2C(=O)[O-])cc1. The van der Waals surface area contributed by atoms with Gasteiger partial charge >= 0.3 is 7.12 Å². The van der Waals surface area contributed by atoms with Crippen molar-refractivity contribution in [2.24, 2.45) is 0 Å². The number of anilines is 6. The minimum atomic E-state index is -1.29. The van der Waals surface area contributed by atoms with E-state index in [0.717, 1.165) is 68.3 Å². The van der Waals surface area contributed by atoms with Crippen LogP contribution in [0.15, 0.2) is 206 Å². The number of aryl methyl sites for hydroxylation is 2. The lowest BCUT2D eigenvalue weighted by atomic mass is 9.75. The van der Waals surface area contributed by atoms with E-state index in [0.29, 0.717) is 79.2 Å². The third-order valence-corrected chi connectivity index (χ3v) is 19.0. The van der Waals surface area contributed by atoms with Gasteiger partial charge in [0.1, 0.15) is 51.6 Å². The van der Waals surface area contributed by atoms with Crippen LogP contribution in [-0.4, -0.2) is 91.8 Å². The number of imidazole rings is 1. The van der Waals surface area contributed by atoms with Crippen LogP contribution in [-0.2, 0) is 18.9 Å². The zero-order valence-electron chi connectivity index (χ0n) is 58.2. The van der Waals surface area contributed by atoms with Crippen molar-refractivity contribution in [2.45, 2.75) is 87.0 Å². The summed E-state index contributed by atoms with van der Waals surface area (Å²) in [4.78, 5) is 54.6. The Morgan fingerprint density at radius 1 is 0.779 bits per heavy atom. The smallest absolute Gasteiger partial charge is 0.495 e. The number of nitrogen functional groups attached to an aromatic ring is 1. The number of ketones is 1. The maximum Gasteiger partial charge on any atom is 0.495 e. The number of aromatic hydroxyl groups is 2. The molecule has 11 aromatic rings. The van der Waals surface area contributed by atoms with Gasteiger partial charge in [-0.3, -0.25) is 23.9 Å². The number of para-hydroxylation sites is 2. The molecule has 3 aliphatic heterocycles. The highest BCUT2D eigenvalue weighted by Gasteiger charge is 2.52. The van der Waals surface area contributed by atoms with Crippen LogP contribution < -0.4 is 50.0 Å². The Bertz CT molecular complexity index is 5110. The molecule has 6 heterocycles. The summed E-state index contributed by atoms with van der Waals surface area (Å²) in [6.45, 7) is 19.5. The van der Waals surface area contributed by atoms with Crippen LogP contribution in [0.25, 0.3) is 38.8 Å². The molecule has 0 radical (unpaired) electrons. The van der Waals surface area contributed by atoms with Crippen LogP contribution in [0.4, 0.5) is 34.1 Å². The number of carbonyl (C=O) groups excluding carboxylic acids is 3. The maximum absolute atomic E-state index is 12.0. The van der Waals surface area contributed by atoms with E-state index in [1.54, 1.807) is 109 Å². The van der Waals surface area contributed by atoms with E-state index < -0.39 is 30.3 Å². The third kappa shape index (κ3) is 15.3. The molecule has 1 saturated heterocycles. The first-order valence-corrected chi connectivity index (χ1v) is 34.0. The zero-order chi connectivity index (χ0) is 73.0. The molecule has 1 unspecified atom stereocenters. The third-order valence-electron chi connectivity index (χ3n) is 18.0. The second-order valence-corrected chi connectivity index (χ2v) is 26.4. The number of hydrogen-bond donors (Lipinski definition) is 3. The largest absolute Gasteiger partial charge is 0.545 e. The Morgan fingerprint density at radius 3 is 2.12 bits per heavy atom. The molecule has 21 nitrogen and oxygen atoms in total. The van der Waals surface area contributed by atoms with E-state index in [-0.39, 0.29) is 36.3 Å². The predicted octanol–water partition coefficient (Wildman–Crippen LogP) is 15.4. The fraction of sp³-hybridized carbons (Fsp3) is 0.198. The average Bonchev–Trinajstić information content (AvgIpc) is 1.07. The minimum Gasteiger partial charge on any atom is -0.545 e. The Labute approximate surface area is 607 Å². The summed E-state index contributed by atoms with van der Waals surface area (Å²) < 4.78 is 38.3. The van der Waals surface area contributed by atoms with E-state index >= 15 is 0 Å². The molecule has 1 amide bonds. The van der Waals surface area contributed by atoms with Gasteiger partial charge in [-0.15, -0.1) is 11.3 Å². The highest BCUT2D eigenvalue weighted by molar-refractivity contribution is 7.19. The number of rotatable bonds is 12. The Hall–Kier alpha value is -12.2. The standard InChI is InChI=1S/C26H30BN3O2S.C25H18N2O5.C15H13NO3.C14H13N3O2.CH4/c1-7-30(8-2)20-14-13-18(21(16-20)27-31-25(3,4)26(5,6)32-27)15-19(17-28)24-29-22-11-9-10-12-23(22)33-24;26-15-5-8-17(9-6-15)31-18-10-12-22-24(14-18)32-23-13-16(28)7-11-21(23)27(22)20-4-2-1-3-19(20)25(29)30;1-9-3-5-12-14(7-9)19-15-8-11(18)4-6-13(15)16(12)10(2)17;1-9-14(18)17-8-12(15-7-13(17)16-9)10-3-5-11(19-2)6-4-10;/h9-16H,7-8H2,1-6H3;1-14,21H,26H2,(H,29,30);2*3-8,18H,1-2H3;1H4/p-1/b19-15+;;;;. The number of aromatic carboxylic acids is 1. The van der Waals surface area contributed by atoms with Crippen molar-refractivity contribution in [1.29, 1.82) is 5.26 Å². The lowest BCUT2D eigenvalue weighted by Gasteiger charge is -2.40. The minimum absolute atomic E-state index is 0. The summed E-state index contributed by atoms with van der Waals surface area (Å²) >= 11 is 1.53. The average molecular weight is 1410 g/mol. The number of phenols is 1. The number of aromatic nitrogens is 4. The summed E-state index contributed by atoms with van der Waals surface area (Å²) in [5.74, 6) is 2.49. The predicted molar refractivity (Wildman–Crippen MR) is 406 cm³/mol. The number of fused-ring (bicyclic) bond motifs is 6. The summed E-state index contributed by atoms with van der Waals surface area (Å²) in [5, 5.41) is 41.9. The van der Waals surface area contributed by atoms with Gasteiger partial charge in [-0.25, -0.2) is 9.97 Å². The Morgan fingerprint density at radius 2 is 1.43 bits per heavy atom. The Kier molecular flexibility index (Phi) is 21.4. The van der Waals surface area contributed by atoms with E-state index in [9.17, 15) is 35.0 Å². The number of nitrogens with two attached hydrogens (primary N) is 1. The van der Waals surface area contributed by atoms with Crippen LogP contribution in [0.5, 0.6) is 46.1 Å². The van der Waals surface area contributed by atoms with Crippen LogP contribution >= 0.6 is 11.3 Å². The molecule has 1 atom stereocenters. The van der Waals surface area contributed by atoms with E-state index in [1.165, 1.54) is 48.6 Å². The van der Waals surface area contributed by atoms with E-state index in [4.69, 9.17) is 34.0 Å². The number of carboxylic acids is 1. The molecule has 1 fully saturated rings. The molecule has 0 spiro atoms. The van der Waals surface area contributed by atoms with Crippen molar-refractivity contribution in [1.82, 2.24) is 19.4 Å². The van der Waals surface area contributed by atoms with Crippen molar-refractivity contribution in [3.05, 3.63) is 234 Å². The summed E-state index contributed by atoms with van der Waals surface area (Å²) in [6, 6.07) is 52.9. The molecule has 1 aliphatic carbocycles. The Balaban J connectivity index is 0.000000143. The molecular weight excluding hydrogens is 1330 g/mol. The first kappa shape index (κ1) is 73.0. The molecule has 3 aromatic heterocycles. The number of amides is 1. The lowest BCUT2D eigenvalue weighted by molar-refractivity contribution is -0.255. The number of hydrogen-bond acceptors (Lipinski definition) is 20. The number of carbonyl (C=O) groups is 3. The molecular formula is C81H77BN9O12S-. The first-order valence-electron chi connectivity index (χ1n) is 33.1. The number of allylic oxidation sites excluding steroid dienone is 3. The van der Waals surface area contributed by atoms with E-state index in [2.05, 4.69) is 85.7 Å². The van der Waals surface area contributed by atoms with Gasteiger partial charge in [-0.2, -0.15) is 5.26 Å². The molecule has 0 bridgehead atoms. The highest BCUT2D eigenvalue weighted by atomic mass is 32.1. The van der Waals surface area contributed by atoms with Crippen molar-refractivity contribution in [3.8, 4) is 63.5 Å². The number of nitriles is 1. The fourth-order valence-corrected chi connectivity index (χ4v) is 12.9. The number of nitrogens with zero attached hydrogens (tertiary/aromatic N) is 8. The molecule has 15 rings (SSSR count). The van der Waals surface area contributed by atoms with Gasteiger partial charge in [-0.1, -0.05) is 56.0 Å². The van der Waals surface area contributed by atoms with Gasteiger partial charge in [-0.05, 0) is 199 Å². The first-order chi connectivity index (χ1) is 49.4. The number of methoxy groups -OCH3 is 1. The number of ether oxygens (including phenoxy) is 4. The summed E-state index contributed by atoms with van der Waals surface area (Å²) in [6.07, 6.45) is 9.85. The fourth-order valence-electron chi connectivity index (χ4n) is 11.9. The summed E-state index contributed by atoms with van der Waals surface area (Å²) in [5.41, 5.74) is 16.3. The molecule has 23 heteroatoms. The molecule has 104 heavy (non-hydrogen) atoms. The van der Waals surface area contributed by atoms with Gasteiger partial charge in [0.25, 0.3) is 0 Å². The second-order valence-electron chi connectivity index (χ2n) is 25.4. The van der Waals surface area contributed by atoms with Gasteiger partial charge < -0.3 is 63.9 Å². The quantitative estimate of drug-likeness (QED) is 0.0582. The van der Waals surface area contributed by atoms with E-state index in [1.807, 2.05) is 84.6 Å². The monoisotopic (exact) mass is 1410 g/mol. The molecule has 4 aliphatic rings. The number of carboxylic acid groups (broad SMARTS) is 1. The number of thiazole rings is 1. The van der Waals surface area contributed by atoms with Crippen molar-refractivity contribution in [2.75, 3.05) is 40.6 Å². The van der Waals surface area contributed by atoms with Gasteiger partial charge in [0, 0.05) is 66.9 Å². The van der Waals surface area contributed by atoms with Gasteiger partial charge in [0.2, 0.25) is 11.8 Å². The number of phenolic OH excluding ortho intramolecular Hbond substituents is 1.